The van der Waals surface area contributed by atoms with Crippen LogP contribution in [0, 0.1) is 0 Å². The maximum Gasteiger partial charge on any atom is 0.345 e. The highest BCUT2D eigenvalue weighted by atomic mass is 32.2. The van der Waals surface area contributed by atoms with Crippen molar-refractivity contribution >= 4 is 35.0 Å². The monoisotopic (exact) mass is 231 g/mol. The Labute approximate surface area is 89.1 Å². The van der Waals surface area contributed by atoms with Crippen LogP contribution in [0.25, 0.3) is 0 Å². The quantitative estimate of drug-likeness (QED) is 0.751. The van der Waals surface area contributed by atoms with E-state index in [9.17, 15) is 9.59 Å². The Morgan fingerprint density at radius 2 is 2.29 bits per heavy atom. The van der Waals surface area contributed by atoms with Gasteiger partial charge in [-0.3, -0.25) is 4.79 Å². The molecule has 1 aromatic heterocycles. The summed E-state index contributed by atoms with van der Waals surface area (Å²) in [6, 6.07) is 1.60. The standard InChI is InChI=1S/C8H9NO3S2/c9-7(10)1-2-13-5-3-6(8(11)12)14-4-5/h3-4H,1-2H2,(H2,9,10)(H,11,12). The zero-order valence-corrected chi connectivity index (χ0v) is 8.86. The number of hydrogen-bond donors (Lipinski definition) is 2. The Kier molecular flexibility index (Phi) is 3.97. The average Bonchev–Trinajstić information content (AvgIpc) is 2.52. The number of thioether (sulfide) groups is 1. The van der Waals surface area contributed by atoms with Crippen molar-refractivity contribution in [2.45, 2.75) is 11.3 Å². The zero-order chi connectivity index (χ0) is 10.6. The summed E-state index contributed by atoms with van der Waals surface area (Å²) < 4.78 is 0. The molecule has 1 aromatic rings. The van der Waals surface area contributed by atoms with E-state index in [0.717, 1.165) is 4.90 Å². The molecule has 0 aromatic carbocycles. The Bertz CT molecular complexity index is 348. The number of aromatic carboxylic acids is 1. The normalized spacial score (nSPS) is 10.0. The summed E-state index contributed by atoms with van der Waals surface area (Å²) >= 11 is 2.61. The third-order valence-electron chi connectivity index (χ3n) is 1.40. The third kappa shape index (κ3) is 3.39. The molecule has 76 valence electrons. The lowest BCUT2D eigenvalue weighted by Crippen LogP contribution is -2.10. The highest BCUT2D eigenvalue weighted by molar-refractivity contribution is 7.99. The van der Waals surface area contributed by atoms with Crippen LogP contribution < -0.4 is 5.73 Å². The highest BCUT2D eigenvalue weighted by Crippen LogP contribution is 2.25. The van der Waals surface area contributed by atoms with Gasteiger partial charge < -0.3 is 10.8 Å². The van der Waals surface area contributed by atoms with Crippen molar-refractivity contribution in [3.8, 4) is 0 Å². The largest absolute Gasteiger partial charge is 0.477 e. The van der Waals surface area contributed by atoms with E-state index in [1.807, 2.05) is 0 Å². The molecule has 0 bridgehead atoms. The molecule has 6 heteroatoms. The van der Waals surface area contributed by atoms with Gasteiger partial charge in [0.05, 0.1) is 0 Å². The Morgan fingerprint density at radius 3 is 2.79 bits per heavy atom. The van der Waals surface area contributed by atoms with Crippen molar-refractivity contribution in [3.63, 3.8) is 0 Å². The zero-order valence-electron chi connectivity index (χ0n) is 7.23. The van der Waals surface area contributed by atoms with E-state index in [0.29, 0.717) is 17.1 Å². The van der Waals surface area contributed by atoms with E-state index in [4.69, 9.17) is 10.8 Å². The number of carboxylic acid groups (broad SMARTS) is 1. The summed E-state index contributed by atoms with van der Waals surface area (Å²) in [6.07, 6.45) is 0.308. The van der Waals surface area contributed by atoms with E-state index in [-0.39, 0.29) is 5.91 Å². The van der Waals surface area contributed by atoms with Crippen LogP contribution in [0.15, 0.2) is 16.3 Å². The molecule has 1 heterocycles. The summed E-state index contributed by atoms with van der Waals surface area (Å²) in [4.78, 5) is 22.1. The first-order chi connectivity index (χ1) is 6.59. The van der Waals surface area contributed by atoms with Gasteiger partial charge in [-0.1, -0.05) is 0 Å². The van der Waals surface area contributed by atoms with Crippen molar-refractivity contribution in [1.82, 2.24) is 0 Å². The topological polar surface area (TPSA) is 80.4 Å². The SMILES string of the molecule is NC(=O)CCSc1csc(C(=O)O)c1. The van der Waals surface area contributed by atoms with Crippen LogP contribution in [-0.4, -0.2) is 22.7 Å². The van der Waals surface area contributed by atoms with Gasteiger partial charge in [-0.2, -0.15) is 0 Å². The lowest BCUT2D eigenvalue weighted by molar-refractivity contribution is -0.117. The number of carboxylic acids is 1. The molecule has 3 N–H and O–H groups in total. The number of carbonyl (C=O) groups is 2. The Balaban J connectivity index is 2.44. The first-order valence-corrected chi connectivity index (χ1v) is 5.69. The van der Waals surface area contributed by atoms with Gasteiger partial charge in [0, 0.05) is 22.4 Å². The molecule has 0 fully saturated rings. The molecule has 0 spiro atoms. The number of primary amides is 1. The number of nitrogens with two attached hydrogens (primary N) is 1. The van der Waals surface area contributed by atoms with Gasteiger partial charge in [-0.05, 0) is 6.07 Å². The fourth-order valence-corrected chi connectivity index (χ4v) is 2.61. The molecule has 0 saturated heterocycles. The van der Waals surface area contributed by atoms with Crippen LogP contribution in [-0.2, 0) is 4.79 Å². The van der Waals surface area contributed by atoms with Crippen molar-refractivity contribution in [2.24, 2.45) is 5.73 Å². The highest BCUT2D eigenvalue weighted by Gasteiger charge is 2.06. The molecule has 0 atom stereocenters. The second-order valence-corrected chi connectivity index (χ2v) is 4.60. The summed E-state index contributed by atoms with van der Waals surface area (Å²) in [7, 11) is 0. The molecule has 0 aliphatic carbocycles. The number of hydrogen-bond acceptors (Lipinski definition) is 4. The summed E-state index contributed by atoms with van der Waals surface area (Å²) in [5.74, 6) is -0.673. The average molecular weight is 231 g/mol. The van der Waals surface area contributed by atoms with E-state index >= 15 is 0 Å². The molecule has 0 saturated carbocycles. The van der Waals surface area contributed by atoms with Crippen molar-refractivity contribution < 1.29 is 14.7 Å². The van der Waals surface area contributed by atoms with Gasteiger partial charge in [-0.25, -0.2) is 4.79 Å². The summed E-state index contributed by atoms with van der Waals surface area (Å²) in [5, 5.41) is 10.4. The van der Waals surface area contributed by atoms with Gasteiger partial charge in [0.25, 0.3) is 0 Å². The minimum atomic E-state index is -0.920. The Hall–Kier alpha value is -1.01. The molecule has 0 radical (unpaired) electrons. The van der Waals surface area contributed by atoms with Gasteiger partial charge in [0.1, 0.15) is 4.88 Å². The van der Waals surface area contributed by atoms with E-state index < -0.39 is 5.97 Å². The van der Waals surface area contributed by atoms with Crippen LogP contribution >= 0.6 is 23.1 Å². The second-order valence-electron chi connectivity index (χ2n) is 2.52. The van der Waals surface area contributed by atoms with Crippen molar-refractivity contribution in [3.05, 3.63) is 16.3 Å². The van der Waals surface area contributed by atoms with Gasteiger partial charge >= 0.3 is 5.97 Å². The second kappa shape index (κ2) is 5.02. The number of thiophene rings is 1. The molecule has 0 aliphatic rings. The van der Waals surface area contributed by atoms with Gasteiger partial charge in [-0.15, -0.1) is 23.1 Å². The fourth-order valence-electron chi connectivity index (χ4n) is 0.776. The van der Waals surface area contributed by atoms with Crippen molar-refractivity contribution in [2.75, 3.05) is 5.75 Å². The van der Waals surface area contributed by atoms with Crippen LogP contribution in [0.4, 0.5) is 0 Å². The molecule has 0 aliphatic heterocycles. The van der Waals surface area contributed by atoms with E-state index in [2.05, 4.69) is 0 Å². The summed E-state index contributed by atoms with van der Waals surface area (Å²) in [5.41, 5.74) is 4.97. The van der Waals surface area contributed by atoms with Crippen LogP contribution in [0.5, 0.6) is 0 Å². The van der Waals surface area contributed by atoms with Gasteiger partial charge in [0.15, 0.2) is 0 Å². The lowest BCUT2D eigenvalue weighted by atomic mass is 10.5. The van der Waals surface area contributed by atoms with Crippen LogP contribution in [0.2, 0.25) is 0 Å². The van der Waals surface area contributed by atoms with Crippen LogP contribution in [0.1, 0.15) is 16.1 Å². The number of rotatable bonds is 5. The van der Waals surface area contributed by atoms with Crippen molar-refractivity contribution in [1.29, 1.82) is 0 Å². The summed E-state index contributed by atoms with van der Waals surface area (Å²) in [6.45, 7) is 0. The van der Waals surface area contributed by atoms with Crippen LogP contribution in [0.3, 0.4) is 0 Å². The first-order valence-electron chi connectivity index (χ1n) is 3.82. The minimum absolute atomic E-state index is 0.308. The molecular weight excluding hydrogens is 222 g/mol. The lowest BCUT2D eigenvalue weighted by Gasteiger charge is -1.94. The smallest absolute Gasteiger partial charge is 0.345 e. The van der Waals surface area contributed by atoms with E-state index in [1.54, 1.807) is 11.4 Å². The Morgan fingerprint density at radius 1 is 1.57 bits per heavy atom. The predicted molar refractivity (Wildman–Crippen MR) is 55.8 cm³/mol. The number of carbonyl (C=O) groups excluding carboxylic acids is 1. The van der Waals surface area contributed by atoms with E-state index in [1.165, 1.54) is 23.1 Å². The predicted octanol–water partition coefficient (Wildman–Crippen LogP) is 1.41. The maximum absolute atomic E-state index is 10.5. The fraction of sp³-hybridized carbons (Fsp3) is 0.250. The molecule has 4 nitrogen and oxygen atoms in total. The number of amides is 1. The molecular formula is C8H9NO3S2. The first kappa shape index (κ1) is 11.1. The van der Waals surface area contributed by atoms with Gasteiger partial charge in [0.2, 0.25) is 5.91 Å². The minimum Gasteiger partial charge on any atom is -0.477 e. The molecule has 1 rings (SSSR count). The molecule has 1 amide bonds. The molecule has 14 heavy (non-hydrogen) atoms. The maximum atomic E-state index is 10.5. The third-order valence-corrected chi connectivity index (χ3v) is 3.45. The molecule has 0 unspecified atom stereocenters.